The van der Waals surface area contributed by atoms with E-state index in [1.54, 1.807) is 0 Å². The van der Waals surface area contributed by atoms with Gasteiger partial charge in [0, 0.05) is 12.7 Å². The lowest BCUT2D eigenvalue weighted by Crippen LogP contribution is -2.04. The van der Waals surface area contributed by atoms with Crippen molar-refractivity contribution in [1.82, 2.24) is 4.98 Å². The van der Waals surface area contributed by atoms with E-state index < -0.39 is 0 Å². The molecule has 0 amide bonds. The molecule has 1 aromatic heterocycles. The monoisotopic (exact) mass is 126 g/mol. The second-order valence-electron chi connectivity index (χ2n) is 1.73. The van der Waals surface area contributed by atoms with Gasteiger partial charge in [0.1, 0.15) is 5.82 Å². The van der Waals surface area contributed by atoms with E-state index in [-0.39, 0.29) is 6.61 Å². The minimum absolute atomic E-state index is 0.166. The third-order valence-electron chi connectivity index (χ3n) is 1.03. The molecule has 3 heteroatoms. The van der Waals surface area contributed by atoms with E-state index in [4.69, 9.17) is 5.11 Å². The lowest BCUT2D eigenvalue weighted by Gasteiger charge is -1.97. The SMILES string of the molecule is OCCNc1ccc[nH]1. The summed E-state index contributed by atoms with van der Waals surface area (Å²) in [4.78, 5) is 2.95. The summed E-state index contributed by atoms with van der Waals surface area (Å²) in [5.74, 6) is 0.948. The van der Waals surface area contributed by atoms with Gasteiger partial charge in [-0.15, -0.1) is 0 Å². The van der Waals surface area contributed by atoms with E-state index in [1.165, 1.54) is 0 Å². The second kappa shape index (κ2) is 3.14. The van der Waals surface area contributed by atoms with Crippen LogP contribution in [-0.2, 0) is 0 Å². The molecule has 3 N–H and O–H groups in total. The Labute approximate surface area is 53.7 Å². The molecule has 0 radical (unpaired) electrons. The van der Waals surface area contributed by atoms with Gasteiger partial charge in [0.25, 0.3) is 0 Å². The van der Waals surface area contributed by atoms with Gasteiger partial charge in [-0.3, -0.25) is 0 Å². The Bertz CT molecular complexity index is 148. The van der Waals surface area contributed by atoms with Gasteiger partial charge < -0.3 is 15.4 Å². The van der Waals surface area contributed by atoms with E-state index in [1.807, 2.05) is 18.3 Å². The molecule has 1 aromatic rings. The van der Waals surface area contributed by atoms with Crippen LogP contribution in [-0.4, -0.2) is 23.2 Å². The number of hydrogen-bond donors (Lipinski definition) is 3. The fourth-order valence-electron chi connectivity index (χ4n) is 0.631. The Hall–Kier alpha value is -0.960. The number of nitrogens with one attached hydrogen (secondary N) is 2. The zero-order chi connectivity index (χ0) is 6.53. The standard InChI is InChI=1S/C6H10N2O/c9-5-4-8-6-2-1-3-7-6/h1-3,7-9H,4-5H2. The van der Waals surface area contributed by atoms with Crippen molar-refractivity contribution in [3.63, 3.8) is 0 Å². The molecule has 0 fully saturated rings. The molecule has 0 saturated heterocycles. The van der Waals surface area contributed by atoms with Crippen LogP contribution in [0.2, 0.25) is 0 Å². The van der Waals surface area contributed by atoms with Crippen molar-refractivity contribution in [2.75, 3.05) is 18.5 Å². The predicted octanol–water partition coefficient (Wildman–Crippen LogP) is 0.419. The number of H-pyrrole nitrogens is 1. The highest BCUT2D eigenvalue weighted by molar-refractivity contribution is 5.33. The minimum Gasteiger partial charge on any atom is -0.395 e. The van der Waals surface area contributed by atoms with Crippen LogP contribution < -0.4 is 5.32 Å². The third-order valence-corrected chi connectivity index (χ3v) is 1.03. The Morgan fingerprint density at radius 2 is 2.56 bits per heavy atom. The van der Waals surface area contributed by atoms with Crippen LogP contribution >= 0.6 is 0 Å². The molecule has 0 aliphatic heterocycles. The Kier molecular flexibility index (Phi) is 2.15. The molecule has 0 atom stereocenters. The van der Waals surface area contributed by atoms with Crippen LogP contribution in [0.4, 0.5) is 5.82 Å². The highest BCUT2D eigenvalue weighted by atomic mass is 16.3. The first-order chi connectivity index (χ1) is 4.43. The molecule has 1 rings (SSSR count). The topological polar surface area (TPSA) is 48.0 Å². The van der Waals surface area contributed by atoms with Gasteiger partial charge in [-0.2, -0.15) is 0 Å². The number of hydrogen-bond acceptors (Lipinski definition) is 2. The first-order valence-corrected chi connectivity index (χ1v) is 2.91. The summed E-state index contributed by atoms with van der Waals surface area (Å²) < 4.78 is 0. The summed E-state index contributed by atoms with van der Waals surface area (Å²) in [6.45, 7) is 0.763. The van der Waals surface area contributed by atoms with Gasteiger partial charge in [0.2, 0.25) is 0 Å². The average molecular weight is 126 g/mol. The van der Waals surface area contributed by atoms with Crippen LogP contribution in [0.1, 0.15) is 0 Å². The quantitative estimate of drug-likeness (QED) is 0.549. The third kappa shape index (κ3) is 1.77. The fraction of sp³-hybridized carbons (Fsp3) is 0.333. The van der Waals surface area contributed by atoms with Crippen molar-refractivity contribution in [3.05, 3.63) is 18.3 Å². The lowest BCUT2D eigenvalue weighted by molar-refractivity contribution is 0.311. The van der Waals surface area contributed by atoms with Gasteiger partial charge in [-0.05, 0) is 12.1 Å². The molecule has 3 nitrogen and oxygen atoms in total. The molecule has 9 heavy (non-hydrogen) atoms. The number of aromatic nitrogens is 1. The Balaban J connectivity index is 2.30. The molecule has 0 aliphatic rings. The molecular formula is C6H10N2O. The van der Waals surface area contributed by atoms with Gasteiger partial charge >= 0.3 is 0 Å². The summed E-state index contributed by atoms with van der Waals surface area (Å²) in [6.07, 6.45) is 1.83. The van der Waals surface area contributed by atoms with E-state index in [9.17, 15) is 0 Å². The number of anilines is 1. The van der Waals surface area contributed by atoms with Crippen molar-refractivity contribution >= 4 is 5.82 Å². The molecule has 50 valence electrons. The zero-order valence-corrected chi connectivity index (χ0v) is 5.09. The van der Waals surface area contributed by atoms with Crippen molar-refractivity contribution in [2.24, 2.45) is 0 Å². The smallest absolute Gasteiger partial charge is 0.103 e. The number of aliphatic hydroxyl groups is 1. The maximum atomic E-state index is 8.39. The van der Waals surface area contributed by atoms with Crippen LogP contribution in [0.5, 0.6) is 0 Å². The molecule has 0 aromatic carbocycles. The average Bonchev–Trinajstić information content (AvgIpc) is 2.34. The highest BCUT2D eigenvalue weighted by Gasteiger charge is 1.85. The first kappa shape index (κ1) is 6.16. The highest BCUT2D eigenvalue weighted by Crippen LogP contribution is 1.98. The summed E-state index contributed by atoms with van der Waals surface area (Å²) in [5, 5.41) is 11.4. The normalized spacial score (nSPS) is 9.44. The second-order valence-corrected chi connectivity index (χ2v) is 1.73. The molecule has 1 heterocycles. The molecule has 0 bridgehead atoms. The van der Waals surface area contributed by atoms with E-state index >= 15 is 0 Å². The molecule has 0 saturated carbocycles. The summed E-state index contributed by atoms with van der Waals surface area (Å²) in [7, 11) is 0. The maximum absolute atomic E-state index is 8.39. The Morgan fingerprint density at radius 3 is 3.11 bits per heavy atom. The molecular weight excluding hydrogens is 116 g/mol. The number of rotatable bonds is 3. The van der Waals surface area contributed by atoms with Gasteiger partial charge in [-0.1, -0.05) is 0 Å². The minimum atomic E-state index is 0.166. The first-order valence-electron chi connectivity index (χ1n) is 2.91. The van der Waals surface area contributed by atoms with E-state index in [2.05, 4.69) is 10.3 Å². The summed E-state index contributed by atoms with van der Waals surface area (Å²) >= 11 is 0. The van der Waals surface area contributed by atoms with Crippen molar-refractivity contribution in [2.45, 2.75) is 0 Å². The van der Waals surface area contributed by atoms with Gasteiger partial charge in [0.05, 0.1) is 6.61 Å². The number of aliphatic hydroxyl groups excluding tert-OH is 1. The van der Waals surface area contributed by atoms with Crippen LogP contribution in [0.15, 0.2) is 18.3 Å². The molecule has 0 unspecified atom stereocenters. The zero-order valence-electron chi connectivity index (χ0n) is 5.09. The summed E-state index contributed by atoms with van der Waals surface area (Å²) in [5.41, 5.74) is 0. The molecule has 0 aliphatic carbocycles. The maximum Gasteiger partial charge on any atom is 0.103 e. The number of aromatic amines is 1. The fourth-order valence-corrected chi connectivity index (χ4v) is 0.631. The van der Waals surface area contributed by atoms with E-state index in [0.717, 1.165) is 5.82 Å². The molecule has 0 spiro atoms. The van der Waals surface area contributed by atoms with E-state index in [0.29, 0.717) is 6.54 Å². The van der Waals surface area contributed by atoms with Crippen LogP contribution in [0.25, 0.3) is 0 Å². The van der Waals surface area contributed by atoms with Crippen LogP contribution in [0, 0.1) is 0 Å². The summed E-state index contributed by atoms with van der Waals surface area (Å²) in [6, 6.07) is 3.81. The van der Waals surface area contributed by atoms with Gasteiger partial charge in [0.15, 0.2) is 0 Å². The lowest BCUT2D eigenvalue weighted by atomic mass is 10.6. The largest absolute Gasteiger partial charge is 0.395 e. The van der Waals surface area contributed by atoms with Crippen molar-refractivity contribution in [3.8, 4) is 0 Å². The predicted molar refractivity (Wildman–Crippen MR) is 36.4 cm³/mol. The van der Waals surface area contributed by atoms with Crippen molar-refractivity contribution < 1.29 is 5.11 Å². The Morgan fingerprint density at radius 1 is 1.67 bits per heavy atom. The van der Waals surface area contributed by atoms with Crippen LogP contribution in [0.3, 0.4) is 0 Å². The van der Waals surface area contributed by atoms with Gasteiger partial charge in [-0.25, -0.2) is 0 Å². The van der Waals surface area contributed by atoms with Crippen molar-refractivity contribution in [1.29, 1.82) is 0 Å².